The van der Waals surface area contributed by atoms with E-state index in [9.17, 15) is 4.79 Å². The molecule has 0 fully saturated rings. The molecule has 1 amide bonds. The highest BCUT2D eigenvalue weighted by molar-refractivity contribution is 6.06. The molecule has 0 bridgehead atoms. The molecule has 2 aromatic carbocycles. The number of rotatable bonds is 5. The summed E-state index contributed by atoms with van der Waals surface area (Å²) in [5.41, 5.74) is 8.70. The van der Waals surface area contributed by atoms with Gasteiger partial charge in [-0.25, -0.2) is 0 Å². The van der Waals surface area contributed by atoms with Crippen LogP contribution in [0.25, 0.3) is 0 Å². The molecule has 0 saturated heterocycles. The highest BCUT2D eigenvalue weighted by Gasteiger charge is 2.12. The second-order valence-electron chi connectivity index (χ2n) is 4.86. The van der Waals surface area contributed by atoms with Crippen LogP contribution in [0.5, 0.6) is 5.75 Å². The molecule has 4 heteroatoms. The minimum absolute atomic E-state index is 0.234. The minimum Gasteiger partial charge on any atom is -0.496 e. The summed E-state index contributed by atoms with van der Waals surface area (Å²) in [6.07, 6.45) is 2.14. The zero-order chi connectivity index (χ0) is 15.2. The predicted octanol–water partition coefficient (Wildman–Crippen LogP) is 3.48. The normalized spacial score (nSPS) is 10.2. The van der Waals surface area contributed by atoms with Crippen molar-refractivity contribution in [3.8, 4) is 5.75 Å². The number of nitrogen functional groups attached to an aromatic ring is 1. The Morgan fingerprint density at radius 3 is 2.52 bits per heavy atom. The Kier molecular flexibility index (Phi) is 4.82. The van der Waals surface area contributed by atoms with Crippen LogP contribution in [-0.2, 0) is 6.42 Å². The molecule has 0 aliphatic carbocycles. The lowest BCUT2D eigenvalue weighted by Gasteiger charge is -2.10. The zero-order valence-electron chi connectivity index (χ0n) is 12.3. The Morgan fingerprint density at radius 1 is 1.19 bits per heavy atom. The SMILES string of the molecule is CCCc1ccc(NC(=O)c2cc(N)ccc2OC)cc1. The highest BCUT2D eigenvalue weighted by Crippen LogP contribution is 2.22. The van der Waals surface area contributed by atoms with Crippen LogP contribution >= 0.6 is 0 Å². The van der Waals surface area contributed by atoms with Crippen molar-refractivity contribution >= 4 is 17.3 Å². The molecule has 0 atom stereocenters. The summed E-state index contributed by atoms with van der Waals surface area (Å²) >= 11 is 0. The molecule has 0 radical (unpaired) electrons. The maximum absolute atomic E-state index is 12.3. The maximum Gasteiger partial charge on any atom is 0.259 e. The van der Waals surface area contributed by atoms with Crippen molar-refractivity contribution in [3.05, 3.63) is 53.6 Å². The first kappa shape index (κ1) is 14.9. The number of hydrogen-bond acceptors (Lipinski definition) is 3. The van der Waals surface area contributed by atoms with Gasteiger partial charge in [0.15, 0.2) is 0 Å². The summed E-state index contributed by atoms with van der Waals surface area (Å²) < 4.78 is 5.19. The van der Waals surface area contributed by atoms with Gasteiger partial charge in [0.1, 0.15) is 5.75 Å². The molecule has 21 heavy (non-hydrogen) atoms. The van der Waals surface area contributed by atoms with Crippen molar-refractivity contribution in [2.24, 2.45) is 0 Å². The van der Waals surface area contributed by atoms with Crippen molar-refractivity contribution in [2.45, 2.75) is 19.8 Å². The first-order valence-electron chi connectivity index (χ1n) is 6.98. The van der Waals surface area contributed by atoms with Crippen LogP contribution in [0.15, 0.2) is 42.5 Å². The van der Waals surface area contributed by atoms with Crippen molar-refractivity contribution in [1.29, 1.82) is 0 Å². The topological polar surface area (TPSA) is 64.4 Å². The molecule has 0 aliphatic rings. The molecule has 0 spiro atoms. The van der Waals surface area contributed by atoms with Gasteiger partial charge in [0, 0.05) is 11.4 Å². The number of methoxy groups -OCH3 is 1. The number of benzene rings is 2. The largest absolute Gasteiger partial charge is 0.496 e. The predicted molar refractivity (Wildman–Crippen MR) is 85.8 cm³/mol. The zero-order valence-corrected chi connectivity index (χ0v) is 12.3. The van der Waals surface area contributed by atoms with E-state index in [4.69, 9.17) is 10.5 Å². The number of nitrogens with two attached hydrogens (primary N) is 1. The van der Waals surface area contributed by atoms with Crippen LogP contribution in [0.2, 0.25) is 0 Å². The van der Waals surface area contributed by atoms with Gasteiger partial charge in [-0.15, -0.1) is 0 Å². The molecular formula is C17H20N2O2. The Balaban J connectivity index is 2.15. The average Bonchev–Trinajstić information content (AvgIpc) is 2.49. The number of aryl methyl sites for hydroxylation is 1. The third-order valence-corrected chi connectivity index (χ3v) is 3.22. The Bertz CT molecular complexity index is 621. The standard InChI is InChI=1S/C17H20N2O2/c1-3-4-12-5-8-14(9-6-12)19-17(20)15-11-13(18)7-10-16(15)21-2/h5-11H,3-4,18H2,1-2H3,(H,19,20). The average molecular weight is 284 g/mol. The molecule has 3 N–H and O–H groups in total. The Hall–Kier alpha value is -2.49. The molecular weight excluding hydrogens is 264 g/mol. The van der Waals surface area contributed by atoms with E-state index in [2.05, 4.69) is 12.2 Å². The van der Waals surface area contributed by atoms with Gasteiger partial charge < -0.3 is 15.8 Å². The summed E-state index contributed by atoms with van der Waals surface area (Å²) in [6.45, 7) is 2.14. The second-order valence-corrected chi connectivity index (χ2v) is 4.86. The number of nitrogens with one attached hydrogen (secondary N) is 1. The first-order valence-corrected chi connectivity index (χ1v) is 6.98. The van der Waals surface area contributed by atoms with Gasteiger partial charge in [0.05, 0.1) is 12.7 Å². The van der Waals surface area contributed by atoms with E-state index in [0.29, 0.717) is 17.0 Å². The number of amides is 1. The fraction of sp³-hybridized carbons (Fsp3) is 0.235. The molecule has 0 saturated carbocycles. The minimum atomic E-state index is -0.234. The summed E-state index contributed by atoms with van der Waals surface area (Å²) in [5.74, 6) is 0.270. The molecule has 0 heterocycles. The van der Waals surface area contributed by atoms with Crippen molar-refractivity contribution in [1.82, 2.24) is 0 Å². The van der Waals surface area contributed by atoms with Gasteiger partial charge in [0.2, 0.25) is 0 Å². The molecule has 2 rings (SSSR count). The van der Waals surface area contributed by atoms with Crippen LogP contribution in [0.3, 0.4) is 0 Å². The molecule has 0 aliphatic heterocycles. The molecule has 2 aromatic rings. The second kappa shape index (κ2) is 6.79. The lowest BCUT2D eigenvalue weighted by atomic mass is 10.1. The number of anilines is 2. The fourth-order valence-electron chi connectivity index (χ4n) is 2.14. The first-order chi connectivity index (χ1) is 10.1. The lowest BCUT2D eigenvalue weighted by Crippen LogP contribution is -2.13. The summed E-state index contributed by atoms with van der Waals surface area (Å²) in [4.78, 5) is 12.3. The van der Waals surface area contributed by atoms with Crippen LogP contribution in [-0.4, -0.2) is 13.0 Å². The third kappa shape index (κ3) is 3.75. The Morgan fingerprint density at radius 2 is 1.90 bits per heavy atom. The lowest BCUT2D eigenvalue weighted by molar-refractivity contribution is 0.102. The quantitative estimate of drug-likeness (QED) is 0.826. The summed E-state index contributed by atoms with van der Waals surface area (Å²) in [7, 11) is 1.53. The van der Waals surface area contributed by atoms with E-state index >= 15 is 0 Å². The maximum atomic E-state index is 12.3. The van der Waals surface area contributed by atoms with E-state index < -0.39 is 0 Å². The van der Waals surface area contributed by atoms with Gasteiger partial charge in [-0.3, -0.25) is 4.79 Å². The van der Waals surface area contributed by atoms with Crippen molar-refractivity contribution in [2.75, 3.05) is 18.2 Å². The molecule has 0 aromatic heterocycles. The third-order valence-electron chi connectivity index (χ3n) is 3.22. The van der Waals surface area contributed by atoms with Gasteiger partial charge in [-0.05, 0) is 42.3 Å². The summed E-state index contributed by atoms with van der Waals surface area (Å²) in [6, 6.07) is 12.9. The number of ether oxygens (including phenoxy) is 1. The van der Waals surface area contributed by atoms with Crippen LogP contribution < -0.4 is 15.8 Å². The van der Waals surface area contributed by atoms with Gasteiger partial charge in [-0.2, -0.15) is 0 Å². The van der Waals surface area contributed by atoms with Gasteiger partial charge >= 0.3 is 0 Å². The molecule has 110 valence electrons. The monoisotopic (exact) mass is 284 g/mol. The van der Waals surface area contributed by atoms with E-state index in [1.165, 1.54) is 12.7 Å². The smallest absolute Gasteiger partial charge is 0.259 e. The van der Waals surface area contributed by atoms with E-state index in [1.807, 2.05) is 24.3 Å². The molecule has 4 nitrogen and oxygen atoms in total. The van der Waals surface area contributed by atoms with Crippen LogP contribution in [0, 0.1) is 0 Å². The van der Waals surface area contributed by atoms with Crippen molar-refractivity contribution < 1.29 is 9.53 Å². The summed E-state index contributed by atoms with van der Waals surface area (Å²) in [5, 5.41) is 2.85. The van der Waals surface area contributed by atoms with Gasteiger partial charge in [0.25, 0.3) is 5.91 Å². The number of carbonyl (C=O) groups excluding carboxylic acids is 1. The number of hydrogen-bond donors (Lipinski definition) is 2. The van der Waals surface area contributed by atoms with Crippen molar-refractivity contribution in [3.63, 3.8) is 0 Å². The van der Waals surface area contributed by atoms with Crippen LogP contribution in [0.1, 0.15) is 29.3 Å². The fourth-order valence-corrected chi connectivity index (χ4v) is 2.14. The van der Waals surface area contributed by atoms with E-state index in [1.54, 1.807) is 18.2 Å². The Labute approximate surface area is 124 Å². The number of carbonyl (C=O) groups is 1. The highest BCUT2D eigenvalue weighted by atomic mass is 16.5. The van der Waals surface area contributed by atoms with E-state index in [0.717, 1.165) is 18.5 Å². The van der Waals surface area contributed by atoms with Gasteiger partial charge in [-0.1, -0.05) is 25.5 Å². The van der Waals surface area contributed by atoms with Crippen LogP contribution in [0.4, 0.5) is 11.4 Å². The molecule has 0 unspecified atom stereocenters. The van der Waals surface area contributed by atoms with E-state index in [-0.39, 0.29) is 5.91 Å².